The quantitative estimate of drug-likeness (QED) is 0.0773. The van der Waals surface area contributed by atoms with Crippen molar-refractivity contribution in [2.75, 3.05) is 33.4 Å². The fourth-order valence-corrected chi connectivity index (χ4v) is 4.37. The van der Waals surface area contributed by atoms with Crippen molar-refractivity contribution in [1.29, 1.82) is 0 Å². The lowest BCUT2D eigenvalue weighted by Gasteiger charge is -2.16. The van der Waals surface area contributed by atoms with E-state index in [1.807, 2.05) is 0 Å². The zero-order chi connectivity index (χ0) is 25.0. The van der Waals surface area contributed by atoms with Gasteiger partial charge in [-0.1, -0.05) is 122 Å². The molecule has 2 unspecified atom stereocenters. The van der Waals surface area contributed by atoms with Gasteiger partial charge in [-0.2, -0.15) is 0 Å². The van der Waals surface area contributed by atoms with Crippen LogP contribution in [0.5, 0.6) is 0 Å². The number of aliphatic hydroxyl groups excluding tert-OH is 2. The molecule has 0 bridgehead atoms. The maximum Gasteiger partial charge on any atom is 0.154 e. The fourth-order valence-electron chi connectivity index (χ4n) is 4.37. The first-order chi connectivity index (χ1) is 16.7. The summed E-state index contributed by atoms with van der Waals surface area (Å²) in [4.78, 5) is 0. The van der Waals surface area contributed by atoms with Crippen LogP contribution in [-0.2, 0) is 9.47 Å². The summed E-state index contributed by atoms with van der Waals surface area (Å²) >= 11 is 0. The molecule has 0 aliphatic heterocycles. The minimum absolute atomic E-state index is 0.178. The van der Waals surface area contributed by atoms with E-state index in [1.165, 1.54) is 109 Å². The summed E-state index contributed by atoms with van der Waals surface area (Å²) in [5, 5.41) is 22.9. The number of aliphatic hydroxyl groups is 2. The van der Waals surface area contributed by atoms with Crippen molar-refractivity contribution >= 4 is 0 Å². The van der Waals surface area contributed by atoms with Crippen LogP contribution in [0.1, 0.15) is 142 Å². The molecular weight excluding hydrogens is 426 g/mol. The standard InChI is InChI=1S/C29H61NO4/c1-3-4-5-6-7-8-9-10-11-12-13-14-15-16-17-18-19-20-21-23-29(32)34-27-28(31)26-30-24-22-25-33-2/h28-32H,3-27H2,1-2H3. The van der Waals surface area contributed by atoms with Crippen LogP contribution in [0.15, 0.2) is 0 Å². The van der Waals surface area contributed by atoms with Crippen LogP contribution in [0.4, 0.5) is 0 Å². The van der Waals surface area contributed by atoms with Crippen LogP contribution in [0.2, 0.25) is 0 Å². The van der Waals surface area contributed by atoms with Gasteiger partial charge in [0.25, 0.3) is 0 Å². The van der Waals surface area contributed by atoms with Crippen molar-refractivity contribution in [2.45, 2.75) is 154 Å². The topological polar surface area (TPSA) is 71.0 Å². The van der Waals surface area contributed by atoms with Crippen molar-refractivity contribution in [1.82, 2.24) is 5.32 Å². The Kier molecular flexibility index (Phi) is 28.9. The van der Waals surface area contributed by atoms with Crippen LogP contribution in [0.3, 0.4) is 0 Å². The second-order valence-corrected chi connectivity index (χ2v) is 10.1. The van der Waals surface area contributed by atoms with E-state index in [-0.39, 0.29) is 6.61 Å². The Hall–Kier alpha value is -0.200. The molecule has 5 nitrogen and oxygen atoms in total. The third-order valence-electron chi connectivity index (χ3n) is 6.62. The highest BCUT2D eigenvalue weighted by molar-refractivity contribution is 4.59. The number of hydrogen-bond donors (Lipinski definition) is 3. The monoisotopic (exact) mass is 487 g/mol. The minimum Gasteiger partial charge on any atom is -0.389 e. The second-order valence-electron chi connectivity index (χ2n) is 10.1. The molecule has 0 saturated carbocycles. The minimum atomic E-state index is -0.756. The van der Waals surface area contributed by atoms with E-state index in [4.69, 9.17) is 9.47 Å². The molecule has 0 amide bonds. The third kappa shape index (κ3) is 28.0. The van der Waals surface area contributed by atoms with Crippen LogP contribution < -0.4 is 5.32 Å². The molecule has 0 aromatic rings. The predicted molar refractivity (Wildman–Crippen MR) is 145 cm³/mol. The lowest BCUT2D eigenvalue weighted by Crippen LogP contribution is -2.32. The Morgan fingerprint density at radius 1 is 0.618 bits per heavy atom. The highest BCUT2D eigenvalue weighted by Gasteiger charge is 2.09. The normalized spacial score (nSPS) is 13.4. The summed E-state index contributed by atoms with van der Waals surface area (Å²) in [6.07, 6.45) is 26.2. The van der Waals surface area contributed by atoms with Gasteiger partial charge in [-0.25, -0.2) is 0 Å². The zero-order valence-electron chi connectivity index (χ0n) is 23.0. The van der Waals surface area contributed by atoms with Gasteiger partial charge in [-0.15, -0.1) is 0 Å². The summed E-state index contributed by atoms with van der Waals surface area (Å²) in [5.74, 6) is 0. The Morgan fingerprint density at radius 3 is 1.50 bits per heavy atom. The van der Waals surface area contributed by atoms with Gasteiger partial charge < -0.3 is 25.0 Å². The lowest BCUT2D eigenvalue weighted by atomic mass is 10.0. The van der Waals surface area contributed by atoms with Gasteiger partial charge in [0.05, 0.1) is 12.7 Å². The molecule has 0 aromatic heterocycles. The maximum absolute atomic E-state index is 9.91. The molecule has 34 heavy (non-hydrogen) atoms. The SMILES string of the molecule is CCCCCCCCCCCCCCCCCCCCCC(O)OCC(O)CNCCCOC. The Morgan fingerprint density at radius 2 is 1.06 bits per heavy atom. The molecule has 0 heterocycles. The average Bonchev–Trinajstić information content (AvgIpc) is 2.84. The first-order valence-corrected chi connectivity index (χ1v) is 14.9. The summed E-state index contributed by atoms with van der Waals surface area (Å²) in [6.45, 7) is 4.48. The Labute approximate surface area is 212 Å². The molecule has 0 aliphatic carbocycles. The van der Waals surface area contributed by atoms with Crippen molar-refractivity contribution in [3.05, 3.63) is 0 Å². The zero-order valence-corrected chi connectivity index (χ0v) is 23.0. The van der Waals surface area contributed by atoms with E-state index in [9.17, 15) is 10.2 Å². The molecule has 206 valence electrons. The second kappa shape index (κ2) is 29.0. The predicted octanol–water partition coefficient (Wildman–Crippen LogP) is 7.13. The van der Waals surface area contributed by atoms with Crippen LogP contribution >= 0.6 is 0 Å². The number of ether oxygens (including phenoxy) is 2. The molecule has 0 spiro atoms. The molecular formula is C29H61NO4. The van der Waals surface area contributed by atoms with E-state index in [2.05, 4.69) is 12.2 Å². The summed E-state index contributed by atoms with van der Waals surface area (Å²) in [5.41, 5.74) is 0. The molecule has 0 aromatic carbocycles. The van der Waals surface area contributed by atoms with Crippen LogP contribution in [0, 0.1) is 0 Å². The highest BCUT2D eigenvalue weighted by atomic mass is 16.6. The summed E-state index contributed by atoms with van der Waals surface area (Å²) in [6, 6.07) is 0. The van der Waals surface area contributed by atoms with E-state index in [0.717, 1.165) is 32.4 Å². The maximum atomic E-state index is 9.91. The van der Waals surface area contributed by atoms with Gasteiger partial charge in [-0.05, 0) is 25.8 Å². The Bertz CT molecular complexity index is 370. The molecule has 0 rings (SSSR count). The Balaban J connectivity index is 3.20. The molecule has 0 saturated heterocycles. The van der Waals surface area contributed by atoms with Gasteiger partial charge in [0.1, 0.15) is 0 Å². The van der Waals surface area contributed by atoms with Gasteiger partial charge >= 0.3 is 0 Å². The van der Waals surface area contributed by atoms with Crippen molar-refractivity contribution in [3.63, 3.8) is 0 Å². The summed E-state index contributed by atoms with van der Waals surface area (Å²) < 4.78 is 10.3. The molecule has 3 N–H and O–H groups in total. The number of unbranched alkanes of at least 4 members (excludes halogenated alkanes) is 18. The van der Waals surface area contributed by atoms with Gasteiger partial charge in [0.2, 0.25) is 0 Å². The highest BCUT2D eigenvalue weighted by Crippen LogP contribution is 2.15. The number of hydrogen-bond acceptors (Lipinski definition) is 5. The number of rotatable bonds is 29. The molecule has 0 radical (unpaired) electrons. The average molecular weight is 488 g/mol. The van der Waals surface area contributed by atoms with Crippen molar-refractivity contribution < 1.29 is 19.7 Å². The number of methoxy groups -OCH3 is 1. The molecule has 2 atom stereocenters. The van der Waals surface area contributed by atoms with Crippen LogP contribution in [-0.4, -0.2) is 56.0 Å². The van der Waals surface area contributed by atoms with Gasteiger partial charge in [-0.3, -0.25) is 0 Å². The summed E-state index contributed by atoms with van der Waals surface area (Å²) in [7, 11) is 1.69. The lowest BCUT2D eigenvalue weighted by molar-refractivity contribution is -0.124. The van der Waals surface area contributed by atoms with Gasteiger partial charge in [0.15, 0.2) is 6.29 Å². The van der Waals surface area contributed by atoms with E-state index >= 15 is 0 Å². The van der Waals surface area contributed by atoms with Crippen molar-refractivity contribution in [2.24, 2.45) is 0 Å². The number of nitrogens with one attached hydrogen (secondary N) is 1. The van der Waals surface area contributed by atoms with E-state index < -0.39 is 12.4 Å². The van der Waals surface area contributed by atoms with Crippen LogP contribution in [0.25, 0.3) is 0 Å². The van der Waals surface area contributed by atoms with E-state index in [1.54, 1.807) is 7.11 Å². The van der Waals surface area contributed by atoms with Crippen molar-refractivity contribution in [3.8, 4) is 0 Å². The molecule has 0 fully saturated rings. The first kappa shape index (κ1) is 33.8. The fraction of sp³-hybridized carbons (Fsp3) is 1.00. The largest absolute Gasteiger partial charge is 0.389 e. The first-order valence-electron chi connectivity index (χ1n) is 14.9. The smallest absolute Gasteiger partial charge is 0.154 e. The third-order valence-corrected chi connectivity index (χ3v) is 6.62. The molecule has 0 aliphatic rings. The van der Waals surface area contributed by atoms with Gasteiger partial charge in [0, 0.05) is 20.3 Å². The molecule has 5 heteroatoms. The van der Waals surface area contributed by atoms with E-state index in [0.29, 0.717) is 13.0 Å².